The van der Waals surface area contributed by atoms with E-state index in [0.29, 0.717) is 18.8 Å². The summed E-state index contributed by atoms with van der Waals surface area (Å²) in [7, 11) is -2.46. The van der Waals surface area contributed by atoms with Gasteiger partial charge in [-0.1, -0.05) is 0 Å². The number of ether oxygens (including phenoxy) is 1. The lowest BCUT2D eigenvalue weighted by molar-refractivity contribution is -0.140. The first-order chi connectivity index (χ1) is 9.44. The maximum absolute atomic E-state index is 12.7. The lowest BCUT2D eigenvalue weighted by Crippen LogP contribution is -2.53. The summed E-state index contributed by atoms with van der Waals surface area (Å²) >= 11 is 0. The predicted octanol–water partition coefficient (Wildman–Crippen LogP) is 0.676. The van der Waals surface area contributed by atoms with Crippen molar-refractivity contribution >= 4 is 15.8 Å². The minimum absolute atomic E-state index is 0.0163. The van der Waals surface area contributed by atoms with Gasteiger partial charge in [0.1, 0.15) is 5.75 Å². The number of methoxy groups -OCH3 is 1. The van der Waals surface area contributed by atoms with Gasteiger partial charge in [0.05, 0.1) is 12.0 Å². The summed E-state index contributed by atoms with van der Waals surface area (Å²) in [6, 6.07) is 5.81. The molecule has 0 bridgehead atoms. The molecule has 0 atom stereocenters. The Kier molecular flexibility index (Phi) is 4.01. The number of carbonyl (C=O) groups is 1. The van der Waals surface area contributed by atoms with Crippen LogP contribution in [0.25, 0.3) is 0 Å². The molecule has 0 spiro atoms. The molecule has 2 N–H and O–H groups in total. The van der Waals surface area contributed by atoms with Gasteiger partial charge in [-0.15, -0.1) is 0 Å². The van der Waals surface area contributed by atoms with Gasteiger partial charge in [0, 0.05) is 0 Å². The SMILES string of the molecule is COc1ccc(S(=O)(=O)C2(C(=O)O)CCNCC2)cc1. The van der Waals surface area contributed by atoms with Crippen LogP contribution in [0.1, 0.15) is 12.8 Å². The molecule has 7 heteroatoms. The highest BCUT2D eigenvalue weighted by molar-refractivity contribution is 7.93. The standard InChI is InChI=1S/C13H17NO5S/c1-19-10-2-4-11(5-3-10)20(17,18)13(12(15)16)6-8-14-9-7-13/h2-5,14H,6-9H2,1H3,(H,15,16). The van der Waals surface area contributed by atoms with E-state index >= 15 is 0 Å². The molecule has 0 amide bonds. The molecule has 1 heterocycles. The van der Waals surface area contributed by atoms with Crippen molar-refractivity contribution in [3.8, 4) is 5.75 Å². The second kappa shape index (κ2) is 5.41. The van der Waals surface area contributed by atoms with Crippen molar-refractivity contribution in [3.05, 3.63) is 24.3 Å². The van der Waals surface area contributed by atoms with Crippen molar-refractivity contribution in [1.82, 2.24) is 5.32 Å². The molecule has 2 rings (SSSR count). The Morgan fingerprint density at radius 3 is 2.25 bits per heavy atom. The summed E-state index contributed by atoms with van der Waals surface area (Å²) in [5.41, 5.74) is 0. The zero-order valence-electron chi connectivity index (χ0n) is 11.1. The molecule has 1 fully saturated rings. The molecule has 0 aromatic heterocycles. The first kappa shape index (κ1) is 14.8. The van der Waals surface area contributed by atoms with Crippen LogP contribution >= 0.6 is 0 Å². The van der Waals surface area contributed by atoms with Crippen molar-refractivity contribution in [2.24, 2.45) is 0 Å². The van der Waals surface area contributed by atoms with Gasteiger partial charge < -0.3 is 15.2 Å². The summed E-state index contributed by atoms with van der Waals surface area (Å²) in [4.78, 5) is 11.6. The maximum Gasteiger partial charge on any atom is 0.325 e. The summed E-state index contributed by atoms with van der Waals surface area (Å²) in [6.07, 6.45) is 0.132. The van der Waals surface area contributed by atoms with Crippen molar-refractivity contribution in [3.63, 3.8) is 0 Å². The normalized spacial score (nSPS) is 18.4. The molecular formula is C13H17NO5S. The lowest BCUT2D eigenvalue weighted by Gasteiger charge is -2.33. The largest absolute Gasteiger partial charge is 0.497 e. The Morgan fingerprint density at radius 2 is 1.80 bits per heavy atom. The number of carboxylic acids is 1. The number of rotatable bonds is 4. The first-order valence-electron chi connectivity index (χ1n) is 6.27. The monoisotopic (exact) mass is 299 g/mol. The topological polar surface area (TPSA) is 92.7 Å². The second-order valence-electron chi connectivity index (χ2n) is 4.73. The third-order valence-corrected chi connectivity index (χ3v) is 6.19. The average Bonchev–Trinajstić information content (AvgIpc) is 2.47. The summed E-state index contributed by atoms with van der Waals surface area (Å²) < 4.78 is 28.6. The Balaban J connectivity index is 2.47. The number of hydrogen-bond donors (Lipinski definition) is 2. The average molecular weight is 299 g/mol. The van der Waals surface area contributed by atoms with Gasteiger partial charge in [-0.25, -0.2) is 8.42 Å². The second-order valence-corrected chi connectivity index (χ2v) is 6.99. The molecule has 1 aliphatic rings. The molecule has 0 saturated carbocycles. The molecule has 1 saturated heterocycles. The Morgan fingerprint density at radius 1 is 1.25 bits per heavy atom. The molecule has 0 radical (unpaired) electrons. The highest BCUT2D eigenvalue weighted by atomic mass is 32.2. The highest BCUT2D eigenvalue weighted by Crippen LogP contribution is 2.34. The van der Waals surface area contributed by atoms with Crippen LogP contribution in [0.15, 0.2) is 29.2 Å². The number of hydrogen-bond acceptors (Lipinski definition) is 5. The van der Waals surface area contributed by atoms with Gasteiger partial charge in [0.2, 0.25) is 0 Å². The van der Waals surface area contributed by atoms with Gasteiger partial charge in [-0.05, 0) is 50.2 Å². The fourth-order valence-corrected chi connectivity index (χ4v) is 4.33. The van der Waals surface area contributed by atoms with E-state index < -0.39 is 20.6 Å². The highest BCUT2D eigenvalue weighted by Gasteiger charge is 2.52. The smallest absolute Gasteiger partial charge is 0.325 e. The first-order valence-corrected chi connectivity index (χ1v) is 7.75. The van der Waals surface area contributed by atoms with Crippen molar-refractivity contribution in [2.75, 3.05) is 20.2 Å². The predicted molar refractivity (Wildman–Crippen MR) is 72.7 cm³/mol. The molecule has 1 aromatic rings. The molecule has 1 aromatic carbocycles. The van der Waals surface area contributed by atoms with Gasteiger partial charge in [0.25, 0.3) is 0 Å². The zero-order valence-corrected chi connectivity index (χ0v) is 11.9. The number of sulfone groups is 1. The van der Waals surface area contributed by atoms with E-state index in [-0.39, 0.29) is 17.7 Å². The van der Waals surface area contributed by atoms with Gasteiger partial charge in [-0.2, -0.15) is 0 Å². The summed E-state index contributed by atoms with van der Waals surface area (Å²) in [5, 5.41) is 12.4. The van der Waals surface area contributed by atoms with Gasteiger partial charge in [-0.3, -0.25) is 4.79 Å². The molecule has 1 aliphatic heterocycles. The van der Waals surface area contributed by atoms with Crippen LogP contribution in [0.2, 0.25) is 0 Å². The minimum Gasteiger partial charge on any atom is -0.497 e. The van der Waals surface area contributed by atoms with Crippen LogP contribution in [0, 0.1) is 0 Å². The van der Waals surface area contributed by atoms with Crippen molar-refractivity contribution in [1.29, 1.82) is 0 Å². The van der Waals surface area contributed by atoms with Crippen LogP contribution in [0.5, 0.6) is 5.75 Å². The van der Waals surface area contributed by atoms with E-state index in [1.54, 1.807) is 0 Å². The Labute approximate surface area is 117 Å². The lowest BCUT2D eigenvalue weighted by atomic mass is 9.97. The molecule has 0 unspecified atom stereocenters. The van der Waals surface area contributed by atoms with Crippen LogP contribution in [-0.4, -0.2) is 44.4 Å². The van der Waals surface area contributed by atoms with Crippen molar-refractivity contribution < 1.29 is 23.1 Å². The number of piperidine rings is 1. The quantitative estimate of drug-likeness (QED) is 0.849. The van der Waals surface area contributed by atoms with E-state index in [2.05, 4.69) is 5.32 Å². The van der Waals surface area contributed by atoms with E-state index in [9.17, 15) is 18.3 Å². The van der Waals surface area contributed by atoms with E-state index in [4.69, 9.17) is 4.74 Å². The fraction of sp³-hybridized carbons (Fsp3) is 0.462. The summed E-state index contributed by atoms with van der Waals surface area (Å²) in [6.45, 7) is 0.753. The molecule has 110 valence electrons. The molecule has 6 nitrogen and oxygen atoms in total. The molecular weight excluding hydrogens is 282 g/mol. The fourth-order valence-electron chi connectivity index (χ4n) is 2.41. The summed E-state index contributed by atoms with van der Waals surface area (Å²) in [5.74, 6) is -0.756. The third kappa shape index (κ3) is 2.27. The Bertz CT molecular complexity index is 588. The van der Waals surface area contributed by atoms with E-state index in [0.717, 1.165) is 0 Å². The van der Waals surface area contributed by atoms with Crippen LogP contribution in [-0.2, 0) is 14.6 Å². The Hall–Kier alpha value is -1.60. The van der Waals surface area contributed by atoms with Crippen LogP contribution in [0.3, 0.4) is 0 Å². The number of aliphatic carboxylic acids is 1. The van der Waals surface area contributed by atoms with E-state index in [1.807, 2.05) is 0 Å². The minimum atomic E-state index is -3.94. The van der Waals surface area contributed by atoms with Crippen LogP contribution in [0.4, 0.5) is 0 Å². The number of carboxylic acid groups (broad SMARTS) is 1. The van der Waals surface area contributed by atoms with E-state index in [1.165, 1.54) is 31.4 Å². The number of benzene rings is 1. The number of nitrogens with one attached hydrogen (secondary N) is 1. The van der Waals surface area contributed by atoms with Gasteiger partial charge >= 0.3 is 5.97 Å². The van der Waals surface area contributed by atoms with Crippen molar-refractivity contribution in [2.45, 2.75) is 22.5 Å². The maximum atomic E-state index is 12.7. The molecule has 20 heavy (non-hydrogen) atoms. The molecule has 0 aliphatic carbocycles. The third-order valence-electron chi connectivity index (χ3n) is 3.69. The zero-order chi connectivity index (χ0) is 14.8. The van der Waals surface area contributed by atoms with Crippen LogP contribution < -0.4 is 10.1 Å². The van der Waals surface area contributed by atoms with Gasteiger partial charge in [0.15, 0.2) is 14.6 Å².